The number of esters is 1. The Bertz CT molecular complexity index is 790. The molecule has 0 spiro atoms. The maximum Gasteiger partial charge on any atom is 0.326 e. The molecule has 2 rings (SSSR count). The molecular formula is C21H24N2O4. The van der Waals surface area contributed by atoms with Gasteiger partial charge in [-0.05, 0) is 31.0 Å². The summed E-state index contributed by atoms with van der Waals surface area (Å²) in [6.07, 6.45) is -0.546. The van der Waals surface area contributed by atoms with Crippen molar-refractivity contribution >= 4 is 17.8 Å². The Morgan fingerprint density at radius 3 is 2.41 bits per heavy atom. The van der Waals surface area contributed by atoms with Crippen LogP contribution in [-0.2, 0) is 20.9 Å². The molecule has 0 aliphatic carbocycles. The quantitative estimate of drug-likeness (QED) is 0.701. The lowest BCUT2D eigenvalue weighted by Gasteiger charge is -2.16. The molecule has 142 valence electrons. The number of ether oxygens (including phenoxy) is 1. The highest BCUT2D eigenvalue weighted by atomic mass is 16.5. The maximum absolute atomic E-state index is 12.2. The summed E-state index contributed by atoms with van der Waals surface area (Å²) in [5.41, 5.74) is 2.37. The van der Waals surface area contributed by atoms with Crippen LogP contribution in [0.5, 0.6) is 0 Å². The number of amides is 2. The lowest BCUT2D eigenvalue weighted by Crippen LogP contribution is -2.39. The number of nitrogens with one attached hydrogen (secondary N) is 2. The van der Waals surface area contributed by atoms with E-state index in [1.54, 1.807) is 25.1 Å². The number of benzene rings is 2. The SMILES string of the molecule is CCC(OC(=O)CNC(=O)c1cccc(C)c1)C(=O)NCc1ccccc1. The molecule has 0 saturated heterocycles. The number of hydrogen-bond donors (Lipinski definition) is 2. The van der Waals surface area contributed by atoms with E-state index in [2.05, 4.69) is 10.6 Å². The van der Waals surface area contributed by atoms with E-state index in [4.69, 9.17) is 4.74 Å². The fraction of sp³-hybridized carbons (Fsp3) is 0.286. The van der Waals surface area contributed by atoms with Crippen molar-refractivity contribution in [3.8, 4) is 0 Å². The second-order valence-electron chi connectivity index (χ2n) is 6.14. The largest absolute Gasteiger partial charge is 0.451 e. The molecule has 0 radical (unpaired) electrons. The van der Waals surface area contributed by atoms with Crippen LogP contribution < -0.4 is 10.6 Å². The smallest absolute Gasteiger partial charge is 0.326 e. The summed E-state index contributed by atoms with van der Waals surface area (Å²) in [6, 6.07) is 16.5. The van der Waals surface area contributed by atoms with Gasteiger partial charge in [0, 0.05) is 12.1 Å². The van der Waals surface area contributed by atoms with Crippen LogP contribution in [0, 0.1) is 6.92 Å². The first-order valence-corrected chi connectivity index (χ1v) is 8.85. The van der Waals surface area contributed by atoms with Crippen molar-refractivity contribution in [3.63, 3.8) is 0 Å². The highest BCUT2D eigenvalue weighted by Gasteiger charge is 2.21. The normalized spacial score (nSPS) is 11.3. The van der Waals surface area contributed by atoms with E-state index in [1.807, 2.05) is 43.3 Å². The van der Waals surface area contributed by atoms with E-state index in [1.165, 1.54) is 0 Å². The molecule has 0 fully saturated rings. The average Bonchev–Trinajstić information content (AvgIpc) is 2.69. The van der Waals surface area contributed by atoms with Gasteiger partial charge in [0.05, 0.1) is 0 Å². The second-order valence-corrected chi connectivity index (χ2v) is 6.14. The van der Waals surface area contributed by atoms with Gasteiger partial charge in [0.15, 0.2) is 6.10 Å². The van der Waals surface area contributed by atoms with Crippen molar-refractivity contribution in [3.05, 3.63) is 71.3 Å². The fourth-order valence-electron chi connectivity index (χ4n) is 2.46. The second kappa shape index (κ2) is 10.1. The molecule has 1 atom stereocenters. The molecule has 2 aromatic rings. The zero-order chi connectivity index (χ0) is 19.6. The molecule has 2 aromatic carbocycles. The highest BCUT2D eigenvalue weighted by Crippen LogP contribution is 2.04. The minimum atomic E-state index is -0.892. The number of rotatable bonds is 8. The van der Waals surface area contributed by atoms with Crippen molar-refractivity contribution in [2.24, 2.45) is 0 Å². The van der Waals surface area contributed by atoms with Crippen LogP contribution in [0.4, 0.5) is 0 Å². The molecule has 0 aromatic heterocycles. The van der Waals surface area contributed by atoms with Crippen molar-refractivity contribution in [1.82, 2.24) is 10.6 Å². The minimum absolute atomic E-state index is 0.296. The van der Waals surface area contributed by atoms with Crippen LogP contribution in [0.2, 0.25) is 0 Å². The molecule has 6 heteroatoms. The Hall–Kier alpha value is -3.15. The van der Waals surface area contributed by atoms with Gasteiger partial charge in [-0.1, -0.05) is 55.0 Å². The minimum Gasteiger partial charge on any atom is -0.451 e. The van der Waals surface area contributed by atoms with Gasteiger partial charge in [-0.3, -0.25) is 14.4 Å². The summed E-state index contributed by atoms with van der Waals surface area (Å²) in [7, 11) is 0. The molecule has 27 heavy (non-hydrogen) atoms. The topological polar surface area (TPSA) is 84.5 Å². The van der Waals surface area contributed by atoms with Crippen LogP contribution in [0.1, 0.15) is 34.8 Å². The van der Waals surface area contributed by atoms with Gasteiger partial charge in [-0.2, -0.15) is 0 Å². The van der Waals surface area contributed by atoms with Crippen molar-refractivity contribution in [2.45, 2.75) is 32.9 Å². The van der Waals surface area contributed by atoms with Crippen LogP contribution in [-0.4, -0.2) is 30.4 Å². The Morgan fingerprint density at radius 1 is 1.00 bits per heavy atom. The molecule has 1 unspecified atom stereocenters. The summed E-state index contributed by atoms with van der Waals surface area (Å²) in [5, 5.41) is 5.26. The lowest BCUT2D eigenvalue weighted by atomic mass is 10.1. The van der Waals surface area contributed by atoms with E-state index in [0.29, 0.717) is 18.5 Å². The molecule has 0 heterocycles. The molecule has 2 N–H and O–H groups in total. The molecular weight excluding hydrogens is 344 g/mol. The summed E-state index contributed by atoms with van der Waals surface area (Å²) >= 11 is 0. The lowest BCUT2D eigenvalue weighted by molar-refractivity contribution is -0.155. The van der Waals surface area contributed by atoms with Crippen molar-refractivity contribution in [1.29, 1.82) is 0 Å². The Balaban J connectivity index is 1.79. The van der Waals surface area contributed by atoms with E-state index >= 15 is 0 Å². The predicted octanol–water partition coefficient (Wildman–Crippen LogP) is 2.36. The third kappa shape index (κ3) is 6.58. The molecule has 0 aliphatic rings. The van der Waals surface area contributed by atoms with Crippen LogP contribution in [0.15, 0.2) is 54.6 Å². The molecule has 0 aliphatic heterocycles. The number of hydrogen-bond acceptors (Lipinski definition) is 4. The van der Waals surface area contributed by atoms with Gasteiger partial charge in [0.25, 0.3) is 11.8 Å². The summed E-state index contributed by atoms with van der Waals surface area (Å²) in [5.74, 6) is -1.38. The summed E-state index contributed by atoms with van der Waals surface area (Å²) in [4.78, 5) is 36.2. The van der Waals surface area contributed by atoms with Crippen LogP contribution in [0.3, 0.4) is 0 Å². The molecule has 0 saturated carbocycles. The Kier molecular flexibility index (Phi) is 7.55. The monoisotopic (exact) mass is 368 g/mol. The van der Waals surface area contributed by atoms with Crippen LogP contribution >= 0.6 is 0 Å². The Labute approximate surface area is 158 Å². The maximum atomic E-state index is 12.2. The first kappa shape index (κ1) is 20.2. The predicted molar refractivity (Wildman–Crippen MR) is 102 cm³/mol. The van der Waals surface area contributed by atoms with E-state index in [0.717, 1.165) is 11.1 Å². The first-order valence-electron chi connectivity index (χ1n) is 8.85. The third-order valence-corrected chi connectivity index (χ3v) is 3.92. The van der Waals surface area contributed by atoms with Gasteiger partial charge in [0.1, 0.15) is 6.54 Å². The van der Waals surface area contributed by atoms with E-state index < -0.39 is 12.1 Å². The van der Waals surface area contributed by atoms with Gasteiger partial charge in [0.2, 0.25) is 0 Å². The summed E-state index contributed by atoms with van der Waals surface area (Å²) in [6.45, 7) is 3.70. The third-order valence-electron chi connectivity index (χ3n) is 3.92. The number of carbonyl (C=O) groups is 3. The van der Waals surface area contributed by atoms with E-state index in [-0.39, 0.29) is 18.4 Å². The first-order chi connectivity index (χ1) is 13.0. The fourth-order valence-corrected chi connectivity index (χ4v) is 2.46. The van der Waals surface area contributed by atoms with Gasteiger partial charge in [-0.15, -0.1) is 0 Å². The average molecular weight is 368 g/mol. The number of aryl methyl sites for hydroxylation is 1. The van der Waals surface area contributed by atoms with Crippen molar-refractivity contribution in [2.75, 3.05) is 6.54 Å². The Morgan fingerprint density at radius 2 is 1.74 bits per heavy atom. The van der Waals surface area contributed by atoms with Crippen LogP contribution in [0.25, 0.3) is 0 Å². The van der Waals surface area contributed by atoms with E-state index in [9.17, 15) is 14.4 Å². The standard InChI is InChI=1S/C21H24N2O4/c1-3-18(21(26)22-13-16-9-5-4-6-10-16)27-19(24)14-23-20(25)17-11-7-8-15(2)12-17/h4-12,18H,3,13-14H2,1-2H3,(H,22,26)(H,23,25). The molecule has 6 nitrogen and oxygen atoms in total. The molecule has 0 bridgehead atoms. The summed E-state index contributed by atoms with van der Waals surface area (Å²) < 4.78 is 5.19. The van der Waals surface area contributed by atoms with Gasteiger partial charge in [-0.25, -0.2) is 0 Å². The van der Waals surface area contributed by atoms with Crippen molar-refractivity contribution < 1.29 is 19.1 Å². The van der Waals surface area contributed by atoms with Gasteiger partial charge >= 0.3 is 5.97 Å². The zero-order valence-corrected chi connectivity index (χ0v) is 15.5. The zero-order valence-electron chi connectivity index (χ0n) is 15.5. The van der Waals surface area contributed by atoms with Gasteiger partial charge < -0.3 is 15.4 Å². The number of carbonyl (C=O) groups excluding carboxylic acids is 3. The molecule has 2 amide bonds. The highest BCUT2D eigenvalue weighted by molar-refractivity contribution is 5.96.